The van der Waals surface area contributed by atoms with Crippen LogP contribution in [0.5, 0.6) is 11.5 Å². The minimum absolute atomic E-state index is 0.0251. The van der Waals surface area contributed by atoms with Crippen LogP contribution in [-0.2, 0) is 27.9 Å². The number of piperidine rings is 1. The molecule has 1 amide bonds. The largest absolute Gasteiger partial charge is 0.495 e. The molecule has 1 fully saturated rings. The Labute approximate surface area is 273 Å². The lowest BCUT2D eigenvalue weighted by molar-refractivity contribution is 0.0546. The summed E-state index contributed by atoms with van der Waals surface area (Å²) in [6, 6.07) is 15.1. The molecule has 3 heterocycles. The third-order valence-corrected chi connectivity index (χ3v) is 9.58. The zero-order valence-electron chi connectivity index (χ0n) is 26.2. The van der Waals surface area contributed by atoms with Gasteiger partial charge in [-0.1, -0.05) is 24.1 Å². The molecule has 1 aromatic heterocycles. The molecule has 1 saturated heterocycles. The van der Waals surface area contributed by atoms with Gasteiger partial charge in [-0.2, -0.15) is 8.42 Å². The highest BCUT2D eigenvalue weighted by molar-refractivity contribution is 7.87. The van der Waals surface area contributed by atoms with Crippen molar-refractivity contribution in [2.45, 2.75) is 63.6 Å². The Kier molecular flexibility index (Phi) is 8.51. The lowest BCUT2D eigenvalue weighted by atomic mass is 9.99. The first-order chi connectivity index (χ1) is 21.8. The van der Waals surface area contributed by atoms with Crippen LogP contribution in [0.25, 0.3) is 22.2 Å². The number of ether oxygens (including phenoxy) is 2. The zero-order valence-corrected chi connectivity index (χ0v) is 27.8. The van der Waals surface area contributed by atoms with E-state index in [9.17, 15) is 18.0 Å². The van der Waals surface area contributed by atoms with Crippen LogP contribution in [0.4, 0.5) is 4.79 Å². The molecule has 46 heavy (non-hydrogen) atoms. The number of amides is 1. The maximum absolute atomic E-state index is 13.7. The molecule has 1 N–H and O–H groups in total. The number of nitrogens with one attached hydrogen (secondary N) is 1. The second kappa shape index (κ2) is 12.3. The maximum atomic E-state index is 13.7. The Morgan fingerprint density at radius 1 is 0.978 bits per heavy atom. The molecule has 2 aliphatic heterocycles. The van der Waals surface area contributed by atoms with Gasteiger partial charge in [0.15, 0.2) is 0 Å². The van der Waals surface area contributed by atoms with Gasteiger partial charge >= 0.3 is 16.2 Å². The van der Waals surface area contributed by atoms with Gasteiger partial charge in [-0.25, -0.2) is 9.36 Å². The minimum Gasteiger partial charge on any atom is -0.495 e. The normalized spacial score (nSPS) is 15.5. The first-order valence-electron chi connectivity index (χ1n) is 15.2. The smallest absolute Gasteiger partial charge is 0.419 e. The Bertz CT molecular complexity index is 1960. The molecule has 2 aliphatic rings. The van der Waals surface area contributed by atoms with Crippen molar-refractivity contribution >= 4 is 44.6 Å². The van der Waals surface area contributed by atoms with E-state index >= 15 is 0 Å². The number of carbonyl (C=O) groups excluding carboxylic acids is 2. The number of likely N-dealkylation sites (tertiary alicyclic amines) is 1. The Morgan fingerprint density at radius 3 is 2.43 bits per heavy atom. The minimum atomic E-state index is -4.41. The van der Waals surface area contributed by atoms with E-state index in [1.165, 1.54) is 55.2 Å². The topological polar surface area (TPSA) is 116 Å². The van der Waals surface area contributed by atoms with Crippen LogP contribution in [0, 0.1) is 0 Å². The maximum Gasteiger partial charge on any atom is 0.419 e. The molecular formula is C34H36ClN3O7S. The number of aromatic nitrogens is 1. The van der Waals surface area contributed by atoms with Gasteiger partial charge in [0.05, 0.1) is 23.9 Å². The molecular weight excluding hydrogens is 630 g/mol. The predicted octanol–water partition coefficient (Wildman–Crippen LogP) is 6.75. The van der Waals surface area contributed by atoms with Gasteiger partial charge in [-0.15, -0.1) is 0 Å². The molecule has 0 atom stereocenters. The molecule has 0 spiro atoms. The summed E-state index contributed by atoms with van der Waals surface area (Å²) in [5, 5.41) is 3.78. The van der Waals surface area contributed by atoms with Crippen molar-refractivity contribution in [2.24, 2.45) is 0 Å². The van der Waals surface area contributed by atoms with E-state index in [1.54, 1.807) is 26.8 Å². The number of nitrogens with zero attached hydrogens (tertiary/aromatic N) is 2. The number of rotatable bonds is 7. The number of carbonyl (C=O) groups is 2. The van der Waals surface area contributed by atoms with Crippen LogP contribution in [0.1, 0.15) is 61.5 Å². The molecule has 0 unspecified atom stereocenters. The molecule has 0 saturated carbocycles. The Balaban J connectivity index is 1.45. The lowest BCUT2D eigenvalue weighted by Crippen LogP contribution is -2.29. The molecule has 12 heteroatoms. The van der Waals surface area contributed by atoms with E-state index in [1.807, 2.05) is 18.2 Å². The molecule has 0 radical (unpaired) electrons. The number of hydrogen-bond donors (Lipinski definition) is 1. The molecule has 10 nitrogen and oxygen atoms in total. The summed E-state index contributed by atoms with van der Waals surface area (Å²) in [7, 11) is -3.06. The predicted molar refractivity (Wildman–Crippen MR) is 175 cm³/mol. The summed E-state index contributed by atoms with van der Waals surface area (Å²) in [5.74, 6) is -0.378. The van der Waals surface area contributed by atoms with Crippen molar-refractivity contribution in [3.05, 3.63) is 76.3 Å². The Hall–Kier alpha value is -4.06. The second-order valence-electron chi connectivity index (χ2n) is 12.6. The fraction of sp³-hybridized carbons (Fsp3) is 0.353. The third-order valence-electron chi connectivity index (χ3n) is 8.09. The molecule has 0 bridgehead atoms. The van der Waals surface area contributed by atoms with E-state index < -0.39 is 27.7 Å². The van der Waals surface area contributed by atoms with Gasteiger partial charge in [0.2, 0.25) is 0 Å². The van der Waals surface area contributed by atoms with Gasteiger partial charge in [0, 0.05) is 34.6 Å². The van der Waals surface area contributed by atoms with Crippen molar-refractivity contribution in [2.75, 3.05) is 20.2 Å². The number of halogens is 1. The van der Waals surface area contributed by atoms with E-state index in [2.05, 4.69) is 16.3 Å². The second-order valence-corrected chi connectivity index (χ2v) is 14.5. The van der Waals surface area contributed by atoms with Gasteiger partial charge < -0.3 is 19.0 Å². The number of hydrogen-bond acceptors (Lipinski definition) is 8. The summed E-state index contributed by atoms with van der Waals surface area (Å²) < 4.78 is 44.9. The van der Waals surface area contributed by atoms with Crippen LogP contribution in [0.3, 0.4) is 0 Å². The number of fused-ring (bicyclic) bond motifs is 2. The summed E-state index contributed by atoms with van der Waals surface area (Å²) in [6.45, 7) is 8.32. The van der Waals surface area contributed by atoms with Crippen LogP contribution in [-0.4, -0.2) is 55.7 Å². The third kappa shape index (κ3) is 6.31. The van der Waals surface area contributed by atoms with Gasteiger partial charge in [0.25, 0.3) is 5.91 Å². The van der Waals surface area contributed by atoms with Crippen LogP contribution < -0.4 is 14.2 Å². The summed E-state index contributed by atoms with van der Waals surface area (Å²) in [4.78, 5) is 29.2. The van der Waals surface area contributed by atoms with Crippen LogP contribution in [0.2, 0.25) is 5.02 Å². The first kappa shape index (κ1) is 31.9. The average molecular weight is 666 g/mol. The van der Waals surface area contributed by atoms with Gasteiger partial charge in [0.1, 0.15) is 22.0 Å². The number of benzene rings is 3. The summed E-state index contributed by atoms with van der Waals surface area (Å²) in [5.41, 5.74) is 2.43. The summed E-state index contributed by atoms with van der Waals surface area (Å²) >= 11 is 6.08. The van der Waals surface area contributed by atoms with Crippen molar-refractivity contribution in [3.8, 4) is 22.8 Å². The molecule has 6 rings (SSSR count). The molecule has 242 valence electrons. The molecule has 4 aromatic rings. The van der Waals surface area contributed by atoms with Crippen molar-refractivity contribution < 1.29 is 31.7 Å². The van der Waals surface area contributed by atoms with Gasteiger partial charge in [-0.05, 0) is 101 Å². The van der Waals surface area contributed by atoms with Crippen molar-refractivity contribution in [1.29, 1.82) is 0 Å². The highest BCUT2D eigenvalue weighted by Crippen LogP contribution is 2.40. The molecule has 3 aromatic carbocycles. The fourth-order valence-electron chi connectivity index (χ4n) is 6.06. The van der Waals surface area contributed by atoms with Gasteiger partial charge in [-0.3, -0.25) is 9.69 Å². The molecule has 0 aliphatic carbocycles. The monoisotopic (exact) mass is 665 g/mol. The zero-order chi connectivity index (χ0) is 32.8. The van der Waals surface area contributed by atoms with E-state index in [0.717, 1.165) is 30.6 Å². The Morgan fingerprint density at radius 2 is 1.72 bits per heavy atom. The van der Waals surface area contributed by atoms with E-state index in [-0.39, 0.29) is 33.5 Å². The lowest BCUT2D eigenvalue weighted by Gasteiger charge is -2.26. The number of methoxy groups -OCH3 is 1. The van der Waals surface area contributed by atoms with Crippen molar-refractivity contribution in [3.63, 3.8) is 0 Å². The average Bonchev–Trinajstić information content (AvgIpc) is 3.58. The van der Waals surface area contributed by atoms with Crippen LogP contribution >= 0.6 is 11.6 Å². The van der Waals surface area contributed by atoms with E-state index in [4.69, 9.17) is 25.3 Å². The highest BCUT2D eigenvalue weighted by atomic mass is 35.5. The summed E-state index contributed by atoms with van der Waals surface area (Å²) in [6.07, 6.45) is 3.02. The first-order valence-corrected chi connectivity index (χ1v) is 17.0. The standard InChI is InChI=1S/C34H36ClN3O7S/c1-34(2,3)44-33(40)38-26-11-8-21(20-37-14-6-5-7-15-37)16-22(26)17-27(38)24-10-13-28(25-19-36-32(39)31(24)25)45-46(41,42)30-18-23(35)9-12-29(30)43-4/h8-13,16-18H,5-7,14-15,19-20H2,1-4H3,(H,36,39). The van der Waals surface area contributed by atoms with E-state index in [0.29, 0.717) is 22.3 Å². The highest BCUT2D eigenvalue weighted by Gasteiger charge is 2.33. The fourth-order valence-corrected chi connectivity index (χ4v) is 7.45. The SMILES string of the molecule is COc1ccc(Cl)cc1S(=O)(=O)Oc1ccc(-c2cc3cc(CN4CCCCC4)ccc3n2C(=O)OC(C)(C)C)c2c1CNC2=O. The quantitative estimate of drug-likeness (QED) is 0.216. The van der Waals surface area contributed by atoms with Crippen molar-refractivity contribution in [1.82, 2.24) is 14.8 Å². The van der Waals surface area contributed by atoms with Crippen LogP contribution in [0.15, 0.2) is 59.5 Å².